The summed E-state index contributed by atoms with van der Waals surface area (Å²) >= 11 is 0. The van der Waals surface area contributed by atoms with Crippen LogP contribution in [0.4, 0.5) is 0 Å². The van der Waals surface area contributed by atoms with Crippen molar-refractivity contribution in [1.82, 2.24) is 5.32 Å². The number of allylic oxidation sites excluding steroid dienone is 7. The summed E-state index contributed by atoms with van der Waals surface area (Å²) in [6.07, 6.45) is 57.7. The van der Waals surface area contributed by atoms with Gasteiger partial charge in [-0.15, -0.1) is 0 Å². The van der Waals surface area contributed by atoms with E-state index in [1.807, 2.05) is 27.2 Å². The second-order valence-electron chi connectivity index (χ2n) is 18.9. The molecule has 0 aliphatic carbocycles. The summed E-state index contributed by atoms with van der Waals surface area (Å²) in [5, 5.41) is 13.9. The third-order valence-electron chi connectivity index (χ3n) is 11.6. The molecule has 0 aromatic rings. The van der Waals surface area contributed by atoms with E-state index in [2.05, 4.69) is 55.6 Å². The van der Waals surface area contributed by atoms with Crippen molar-refractivity contribution in [3.05, 3.63) is 48.6 Å². The summed E-state index contributed by atoms with van der Waals surface area (Å²) in [4.78, 5) is 23.2. The van der Waals surface area contributed by atoms with Gasteiger partial charge >= 0.3 is 7.82 Å². The van der Waals surface area contributed by atoms with Crippen molar-refractivity contribution in [2.24, 2.45) is 0 Å². The fourth-order valence-electron chi connectivity index (χ4n) is 7.47. The Morgan fingerprint density at radius 3 is 1.42 bits per heavy atom. The minimum atomic E-state index is -4.35. The van der Waals surface area contributed by atoms with Crippen LogP contribution in [0, 0.1) is 0 Å². The van der Waals surface area contributed by atoms with Crippen LogP contribution in [-0.2, 0) is 18.4 Å². The number of nitrogens with one attached hydrogen (secondary N) is 1. The zero-order valence-corrected chi connectivity index (χ0v) is 42.3. The van der Waals surface area contributed by atoms with Gasteiger partial charge in [-0.3, -0.25) is 13.8 Å². The number of likely N-dealkylation sites (N-methyl/N-ethyl adjacent to an activating group) is 1. The lowest BCUT2D eigenvalue weighted by Crippen LogP contribution is -2.45. The van der Waals surface area contributed by atoms with Gasteiger partial charge < -0.3 is 19.8 Å². The van der Waals surface area contributed by atoms with Crippen molar-refractivity contribution in [2.75, 3.05) is 40.9 Å². The second-order valence-corrected chi connectivity index (χ2v) is 20.3. The molecule has 0 fully saturated rings. The largest absolute Gasteiger partial charge is 0.472 e. The maximum absolute atomic E-state index is 12.9. The van der Waals surface area contributed by atoms with Crippen molar-refractivity contribution in [2.45, 2.75) is 244 Å². The number of amides is 1. The van der Waals surface area contributed by atoms with Crippen molar-refractivity contribution >= 4 is 13.7 Å². The molecule has 8 nitrogen and oxygen atoms in total. The van der Waals surface area contributed by atoms with Gasteiger partial charge in [0.2, 0.25) is 5.91 Å². The highest BCUT2D eigenvalue weighted by molar-refractivity contribution is 7.47. The Balaban J connectivity index is 4.26. The van der Waals surface area contributed by atoms with Crippen molar-refractivity contribution in [3.63, 3.8) is 0 Å². The van der Waals surface area contributed by atoms with Crippen LogP contribution < -0.4 is 5.32 Å². The normalized spacial score (nSPS) is 14.5. The molecule has 9 heteroatoms. The number of rotatable bonds is 47. The fraction of sp³-hybridized carbons (Fsp3) is 0.830. The number of aliphatic hydroxyl groups excluding tert-OH is 1. The molecule has 0 aromatic heterocycles. The van der Waals surface area contributed by atoms with Crippen molar-refractivity contribution in [3.8, 4) is 0 Å². The molecular formula is C53H102N2O6P+. The van der Waals surface area contributed by atoms with Crippen LogP contribution in [0.1, 0.15) is 232 Å². The molecule has 3 unspecified atom stereocenters. The Kier molecular flexibility index (Phi) is 43.5. The van der Waals surface area contributed by atoms with E-state index >= 15 is 0 Å². The SMILES string of the molecule is CC/C=C\C/C=C\C/C=C\CCCCCCCC(=O)NC(COP(=O)(O)OCC[N+](C)(C)C)C(O)/C=C/CCCCCCCCCCCCCCCCCCCCCCCCC. The molecule has 0 rings (SSSR count). The maximum Gasteiger partial charge on any atom is 0.472 e. The van der Waals surface area contributed by atoms with Crippen LogP contribution in [0.25, 0.3) is 0 Å². The number of phosphoric acid groups is 1. The molecule has 0 radical (unpaired) electrons. The first-order chi connectivity index (χ1) is 30.0. The first-order valence-corrected chi connectivity index (χ1v) is 27.5. The zero-order chi connectivity index (χ0) is 45.7. The van der Waals surface area contributed by atoms with Gasteiger partial charge in [-0.1, -0.05) is 223 Å². The van der Waals surface area contributed by atoms with Gasteiger partial charge in [-0.25, -0.2) is 4.57 Å². The topological polar surface area (TPSA) is 105 Å². The lowest BCUT2D eigenvalue weighted by molar-refractivity contribution is -0.870. The van der Waals surface area contributed by atoms with Gasteiger partial charge in [0.1, 0.15) is 13.2 Å². The van der Waals surface area contributed by atoms with E-state index in [4.69, 9.17) is 9.05 Å². The number of unbranched alkanes of at least 4 members (excludes halogenated alkanes) is 28. The summed E-state index contributed by atoms with van der Waals surface area (Å²) in [5.74, 6) is -0.194. The molecule has 0 aliphatic heterocycles. The lowest BCUT2D eigenvalue weighted by atomic mass is 10.0. The maximum atomic E-state index is 12.9. The van der Waals surface area contributed by atoms with Crippen LogP contribution in [0.3, 0.4) is 0 Å². The minimum Gasteiger partial charge on any atom is -0.387 e. The van der Waals surface area contributed by atoms with E-state index in [1.165, 1.54) is 135 Å². The Morgan fingerprint density at radius 2 is 0.968 bits per heavy atom. The zero-order valence-electron chi connectivity index (χ0n) is 41.4. The van der Waals surface area contributed by atoms with Crippen molar-refractivity contribution < 1.29 is 32.9 Å². The van der Waals surface area contributed by atoms with Crippen LogP contribution in [0.2, 0.25) is 0 Å². The van der Waals surface area contributed by atoms with E-state index < -0.39 is 20.0 Å². The molecule has 0 aromatic carbocycles. The van der Waals surface area contributed by atoms with E-state index in [-0.39, 0.29) is 19.1 Å². The molecule has 0 spiro atoms. The summed E-state index contributed by atoms with van der Waals surface area (Å²) in [6, 6.07) is -0.856. The highest BCUT2D eigenvalue weighted by atomic mass is 31.2. The van der Waals surface area contributed by atoms with Gasteiger partial charge in [0.05, 0.1) is 39.9 Å². The number of hydrogen-bond donors (Lipinski definition) is 3. The van der Waals surface area contributed by atoms with Crippen LogP contribution >= 0.6 is 7.82 Å². The first-order valence-electron chi connectivity index (χ1n) is 26.0. The summed E-state index contributed by atoms with van der Waals surface area (Å²) in [6.45, 7) is 4.70. The predicted molar refractivity (Wildman–Crippen MR) is 267 cm³/mol. The van der Waals surface area contributed by atoms with Crippen LogP contribution in [0.5, 0.6) is 0 Å². The second kappa shape index (κ2) is 44.7. The smallest absolute Gasteiger partial charge is 0.387 e. The van der Waals surface area contributed by atoms with Gasteiger partial charge in [0.15, 0.2) is 0 Å². The third kappa shape index (κ3) is 46.5. The Labute approximate surface area is 384 Å². The highest BCUT2D eigenvalue weighted by Crippen LogP contribution is 2.43. The molecule has 3 atom stereocenters. The van der Waals surface area contributed by atoms with E-state index in [0.717, 1.165) is 77.0 Å². The Morgan fingerprint density at radius 1 is 0.565 bits per heavy atom. The molecule has 0 aliphatic rings. The Bertz CT molecular complexity index is 1150. The predicted octanol–water partition coefficient (Wildman–Crippen LogP) is 15.2. The molecule has 0 saturated carbocycles. The van der Waals surface area contributed by atoms with Crippen molar-refractivity contribution in [1.29, 1.82) is 0 Å². The number of quaternary nitrogens is 1. The monoisotopic (exact) mass is 894 g/mol. The Hall–Kier alpha value is -1.54. The molecule has 62 heavy (non-hydrogen) atoms. The number of hydrogen-bond acceptors (Lipinski definition) is 5. The standard InChI is InChI=1S/C53H101N2O6P/c1-6-8-10-12-14-16-18-20-22-23-24-25-26-27-28-29-30-31-33-34-36-38-40-42-44-46-52(56)51(50-61-62(58,59)60-49-48-55(3,4)5)54-53(57)47-45-43-41-39-37-35-32-21-19-17-15-13-11-9-7-2/h9,11,15,17,21,32,44,46,51-52,56H,6-8,10,12-14,16,18-20,22-31,33-43,45,47-50H2,1-5H3,(H-,54,57,58,59)/p+1/b11-9-,17-15-,32-21-,46-44+. The molecule has 0 saturated heterocycles. The van der Waals surface area contributed by atoms with E-state index in [9.17, 15) is 19.4 Å². The average Bonchev–Trinajstić information content (AvgIpc) is 3.23. The molecular weight excluding hydrogens is 792 g/mol. The van der Waals surface area contributed by atoms with E-state index in [1.54, 1.807) is 6.08 Å². The number of carbonyl (C=O) groups is 1. The average molecular weight is 894 g/mol. The minimum absolute atomic E-state index is 0.0567. The van der Waals surface area contributed by atoms with Gasteiger partial charge in [-0.05, 0) is 51.4 Å². The molecule has 0 heterocycles. The number of aliphatic hydroxyl groups is 1. The van der Waals surface area contributed by atoms with Gasteiger partial charge in [-0.2, -0.15) is 0 Å². The molecule has 1 amide bonds. The first kappa shape index (κ1) is 60.5. The quantitative estimate of drug-likeness (QED) is 0.0243. The third-order valence-corrected chi connectivity index (χ3v) is 12.5. The van der Waals surface area contributed by atoms with Gasteiger partial charge in [0, 0.05) is 6.42 Å². The van der Waals surface area contributed by atoms with Crippen LogP contribution in [-0.4, -0.2) is 73.4 Å². The molecule has 364 valence electrons. The van der Waals surface area contributed by atoms with Crippen LogP contribution in [0.15, 0.2) is 48.6 Å². The number of nitrogens with zero attached hydrogens (tertiary/aromatic N) is 1. The summed E-state index contributed by atoms with van der Waals surface area (Å²) in [7, 11) is 1.56. The van der Waals surface area contributed by atoms with E-state index in [0.29, 0.717) is 17.4 Å². The number of phosphoric ester groups is 1. The fourth-order valence-corrected chi connectivity index (χ4v) is 8.20. The summed E-state index contributed by atoms with van der Waals surface area (Å²) in [5.41, 5.74) is 0. The molecule has 3 N–H and O–H groups in total. The lowest BCUT2D eigenvalue weighted by Gasteiger charge is -2.25. The molecule has 0 bridgehead atoms. The highest BCUT2D eigenvalue weighted by Gasteiger charge is 2.27. The number of carbonyl (C=O) groups excluding carboxylic acids is 1. The van der Waals surface area contributed by atoms with Gasteiger partial charge in [0.25, 0.3) is 0 Å². The summed E-state index contributed by atoms with van der Waals surface area (Å²) < 4.78 is 23.6.